The maximum Gasteiger partial charge on any atom is 0.178 e. The van der Waals surface area contributed by atoms with E-state index in [4.69, 9.17) is 0 Å². The maximum absolute atomic E-state index is 12.5. The zero-order valence-electron chi connectivity index (χ0n) is 14.7. The topological polar surface area (TPSA) is 62.0 Å². The van der Waals surface area contributed by atoms with E-state index in [2.05, 4.69) is 28.6 Å². The molecule has 0 aliphatic carbocycles. The van der Waals surface area contributed by atoms with Crippen LogP contribution in [0.15, 0.2) is 59.6 Å². The minimum atomic E-state index is -3.24. The molecular weight excluding hydrogens is 344 g/mol. The van der Waals surface area contributed by atoms with Gasteiger partial charge in [0.1, 0.15) is 0 Å². The normalized spacial score (nSPS) is 17.8. The maximum atomic E-state index is 12.5. The van der Waals surface area contributed by atoms with Crippen LogP contribution in [-0.2, 0) is 22.7 Å². The molecule has 5 heteroatoms. The van der Waals surface area contributed by atoms with E-state index < -0.39 is 9.84 Å². The van der Waals surface area contributed by atoms with Gasteiger partial charge in [-0.05, 0) is 67.6 Å². The van der Waals surface area contributed by atoms with Crippen molar-refractivity contribution in [1.29, 1.82) is 0 Å². The first-order valence-electron chi connectivity index (χ1n) is 9.22. The van der Waals surface area contributed by atoms with Crippen molar-refractivity contribution in [3.8, 4) is 0 Å². The largest absolute Gasteiger partial charge is 0.361 e. The molecular formula is C21H24N2O2S. The van der Waals surface area contributed by atoms with Crippen molar-refractivity contribution in [3.05, 3.63) is 65.9 Å². The fourth-order valence-corrected chi connectivity index (χ4v) is 5.06. The predicted molar refractivity (Wildman–Crippen MR) is 105 cm³/mol. The number of fused-ring (bicyclic) bond motifs is 1. The standard InChI is InChI=1S/C21H24N2O2S/c24-26(25,19-6-2-1-3-7-19)12-10-16-8-9-21-20(13-16)17(15-23-21)14-18-5-4-11-22-18/h1-3,6-9,13,15,18,22-23H,4-5,10-12,14H2/t18-/m1/s1. The van der Waals surface area contributed by atoms with Crippen LogP contribution in [0.5, 0.6) is 0 Å². The molecule has 1 aliphatic heterocycles. The van der Waals surface area contributed by atoms with Crippen molar-refractivity contribution >= 4 is 20.7 Å². The summed E-state index contributed by atoms with van der Waals surface area (Å²) in [6, 6.07) is 15.5. The van der Waals surface area contributed by atoms with Crippen LogP contribution in [0.1, 0.15) is 24.0 Å². The lowest BCUT2D eigenvalue weighted by atomic mass is 10.0. The van der Waals surface area contributed by atoms with Gasteiger partial charge < -0.3 is 10.3 Å². The van der Waals surface area contributed by atoms with Crippen molar-refractivity contribution in [2.45, 2.75) is 36.6 Å². The number of hydrogen-bond acceptors (Lipinski definition) is 3. The Kier molecular flexibility index (Phi) is 4.83. The quantitative estimate of drug-likeness (QED) is 0.700. The second-order valence-corrected chi connectivity index (χ2v) is 9.18. The number of sulfone groups is 1. The molecule has 0 amide bonds. The number of aromatic nitrogens is 1. The zero-order valence-corrected chi connectivity index (χ0v) is 15.6. The first-order valence-corrected chi connectivity index (χ1v) is 10.9. The molecule has 1 atom stereocenters. The summed E-state index contributed by atoms with van der Waals surface area (Å²) in [4.78, 5) is 3.74. The van der Waals surface area contributed by atoms with E-state index in [1.165, 1.54) is 23.8 Å². The number of nitrogens with one attached hydrogen (secondary N) is 2. The number of hydrogen-bond donors (Lipinski definition) is 2. The summed E-state index contributed by atoms with van der Waals surface area (Å²) in [7, 11) is -3.24. The Balaban J connectivity index is 1.52. The van der Waals surface area contributed by atoms with Gasteiger partial charge in [-0.1, -0.05) is 24.3 Å². The molecule has 2 aromatic carbocycles. The summed E-state index contributed by atoms with van der Waals surface area (Å²) in [6.07, 6.45) is 6.11. The summed E-state index contributed by atoms with van der Waals surface area (Å²) in [6.45, 7) is 1.11. The first-order chi connectivity index (χ1) is 12.6. The lowest BCUT2D eigenvalue weighted by molar-refractivity contribution is 0.595. The van der Waals surface area contributed by atoms with Gasteiger partial charge in [-0.15, -0.1) is 0 Å². The zero-order chi connectivity index (χ0) is 18.0. The molecule has 0 bridgehead atoms. The van der Waals surface area contributed by atoms with Crippen molar-refractivity contribution in [3.63, 3.8) is 0 Å². The van der Waals surface area contributed by atoms with Crippen LogP contribution < -0.4 is 5.32 Å². The molecule has 0 spiro atoms. The summed E-state index contributed by atoms with van der Waals surface area (Å²) in [5, 5.41) is 4.76. The highest BCUT2D eigenvalue weighted by molar-refractivity contribution is 7.91. The third-order valence-electron chi connectivity index (χ3n) is 5.22. The Morgan fingerprint density at radius 1 is 1.08 bits per heavy atom. The number of rotatable bonds is 6. The molecule has 1 aromatic heterocycles. The number of aryl methyl sites for hydroxylation is 1. The van der Waals surface area contributed by atoms with Crippen LogP contribution in [-0.4, -0.2) is 31.7 Å². The van der Waals surface area contributed by atoms with Crippen LogP contribution in [0, 0.1) is 0 Å². The summed E-state index contributed by atoms with van der Waals surface area (Å²) < 4.78 is 25.0. The Morgan fingerprint density at radius 2 is 1.92 bits per heavy atom. The Labute approximate surface area is 154 Å². The lowest BCUT2D eigenvalue weighted by Gasteiger charge is -2.09. The highest BCUT2D eigenvalue weighted by Gasteiger charge is 2.17. The second kappa shape index (κ2) is 7.25. The van der Waals surface area contributed by atoms with Gasteiger partial charge in [-0.2, -0.15) is 0 Å². The fraction of sp³-hybridized carbons (Fsp3) is 0.333. The molecule has 136 valence electrons. The van der Waals surface area contributed by atoms with Crippen molar-refractivity contribution in [1.82, 2.24) is 10.3 Å². The average molecular weight is 369 g/mol. The van der Waals surface area contributed by atoms with Gasteiger partial charge in [0.05, 0.1) is 10.6 Å². The highest BCUT2D eigenvalue weighted by atomic mass is 32.2. The molecule has 3 aromatic rings. The van der Waals surface area contributed by atoms with Gasteiger partial charge >= 0.3 is 0 Å². The van der Waals surface area contributed by atoms with Gasteiger partial charge in [-0.3, -0.25) is 0 Å². The van der Waals surface area contributed by atoms with Crippen LogP contribution in [0.3, 0.4) is 0 Å². The van der Waals surface area contributed by atoms with Gasteiger partial charge in [0, 0.05) is 23.1 Å². The Hall–Kier alpha value is -2.11. The number of H-pyrrole nitrogens is 1. The van der Waals surface area contributed by atoms with E-state index in [0.29, 0.717) is 17.4 Å². The van der Waals surface area contributed by atoms with Crippen molar-refractivity contribution in [2.75, 3.05) is 12.3 Å². The molecule has 1 fully saturated rings. The highest BCUT2D eigenvalue weighted by Crippen LogP contribution is 2.24. The van der Waals surface area contributed by atoms with Gasteiger partial charge in [-0.25, -0.2) is 8.42 Å². The monoisotopic (exact) mass is 368 g/mol. The van der Waals surface area contributed by atoms with Crippen LogP contribution in [0.4, 0.5) is 0 Å². The molecule has 1 aliphatic rings. The smallest absolute Gasteiger partial charge is 0.178 e. The second-order valence-electron chi connectivity index (χ2n) is 7.07. The molecule has 0 saturated carbocycles. The molecule has 4 rings (SSSR count). The summed E-state index contributed by atoms with van der Waals surface area (Å²) in [5.41, 5.74) is 3.50. The fourth-order valence-electron chi connectivity index (χ4n) is 3.74. The molecule has 2 heterocycles. The van der Waals surface area contributed by atoms with E-state index in [1.54, 1.807) is 24.3 Å². The predicted octanol–water partition coefficient (Wildman–Crippen LogP) is 3.48. The minimum Gasteiger partial charge on any atom is -0.361 e. The van der Waals surface area contributed by atoms with Crippen LogP contribution >= 0.6 is 0 Å². The summed E-state index contributed by atoms with van der Waals surface area (Å²) >= 11 is 0. The molecule has 0 radical (unpaired) electrons. The number of aromatic amines is 1. The molecule has 2 N–H and O–H groups in total. The SMILES string of the molecule is O=S(=O)(CCc1ccc2[nH]cc(C[C@H]3CCCN3)c2c1)c1ccccc1. The molecule has 0 unspecified atom stereocenters. The van der Waals surface area contributed by atoms with E-state index in [0.717, 1.165) is 24.0 Å². The van der Waals surface area contributed by atoms with E-state index >= 15 is 0 Å². The Bertz CT molecular complexity index is 987. The average Bonchev–Trinajstić information content (AvgIpc) is 3.31. The van der Waals surface area contributed by atoms with Crippen LogP contribution in [0.25, 0.3) is 10.9 Å². The van der Waals surface area contributed by atoms with Crippen molar-refractivity contribution < 1.29 is 8.42 Å². The first kappa shape index (κ1) is 17.3. The summed E-state index contributed by atoms with van der Waals surface area (Å²) in [5.74, 6) is 0.131. The Morgan fingerprint density at radius 3 is 2.69 bits per heavy atom. The lowest BCUT2D eigenvalue weighted by Crippen LogP contribution is -2.23. The van der Waals surface area contributed by atoms with Gasteiger partial charge in [0.15, 0.2) is 9.84 Å². The number of benzene rings is 2. The third kappa shape index (κ3) is 3.69. The van der Waals surface area contributed by atoms with Crippen LogP contribution in [0.2, 0.25) is 0 Å². The van der Waals surface area contributed by atoms with E-state index in [1.807, 2.05) is 12.1 Å². The van der Waals surface area contributed by atoms with Gasteiger partial charge in [0.25, 0.3) is 0 Å². The van der Waals surface area contributed by atoms with Crippen molar-refractivity contribution in [2.24, 2.45) is 0 Å². The van der Waals surface area contributed by atoms with Gasteiger partial charge in [0.2, 0.25) is 0 Å². The van der Waals surface area contributed by atoms with E-state index in [-0.39, 0.29) is 5.75 Å². The minimum absolute atomic E-state index is 0.131. The third-order valence-corrected chi connectivity index (χ3v) is 6.95. The molecule has 4 nitrogen and oxygen atoms in total. The van der Waals surface area contributed by atoms with E-state index in [9.17, 15) is 8.42 Å². The molecule has 1 saturated heterocycles. The molecule has 26 heavy (non-hydrogen) atoms.